The first-order valence-electron chi connectivity index (χ1n) is 9.50. The van der Waals surface area contributed by atoms with E-state index in [2.05, 4.69) is 24.1 Å². The molecular weight excluding hydrogens is 387 g/mol. The molecule has 0 unspecified atom stereocenters. The second-order valence-corrected chi connectivity index (χ2v) is 8.38. The molecule has 0 saturated carbocycles. The zero-order chi connectivity index (χ0) is 21.0. The highest BCUT2D eigenvalue weighted by Gasteiger charge is 2.14. The predicted molar refractivity (Wildman–Crippen MR) is 115 cm³/mol. The standard InChI is InChI=1S/C23H23FN2O2S/c1-14(2)16-4-6-17(7-5-16)20(27)12-13-21(28)25-23-26-22(15(3)29-23)18-8-10-19(24)11-9-18/h4-11,14H,12-13H2,1-3H3,(H,25,26,28). The molecule has 6 heteroatoms. The van der Waals surface area contributed by atoms with Crippen LogP contribution >= 0.6 is 11.3 Å². The van der Waals surface area contributed by atoms with Crippen LogP contribution in [0, 0.1) is 12.7 Å². The Morgan fingerprint density at radius 1 is 1.03 bits per heavy atom. The summed E-state index contributed by atoms with van der Waals surface area (Å²) in [5.41, 5.74) is 3.30. The Morgan fingerprint density at radius 3 is 2.31 bits per heavy atom. The molecule has 150 valence electrons. The molecule has 3 rings (SSSR count). The summed E-state index contributed by atoms with van der Waals surface area (Å²) in [6.07, 6.45) is 0.233. The first kappa shape index (κ1) is 20.9. The second kappa shape index (κ2) is 9.09. The van der Waals surface area contributed by atoms with Crippen molar-refractivity contribution in [2.75, 3.05) is 5.32 Å². The molecule has 4 nitrogen and oxygen atoms in total. The summed E-state index contributed by atoms with van der Waals surface area (Å²) < 4.78 is 13.1. The number of ketones is 1. The van der Waals surface area contributed by atoms with E-state index >= 15 is 0 Å². The Hall–Kier alpha value is -2.86. The predicted octanol–water partition coefficient (Wildman–Crippen LogP) is 5.98. The number of thiazole rings is 1. The van der Waals surface area contributed by atoms with Crippen molar-refractivity contribution in [3.8, 4) is 11.3 Å². The van der Waals surface area contributed by atoms with Crippen LogP contribution < -0.4 is 5.32 Å². The maximum atomic E-state index is 13.1. The maximum absolute atomic E-state index is 13.1. The summed E-state index contributed by atoms with van der Waals surface area (Å²) in [6.45, 7) is 6.10. The SMILES string of the molecule is Cc1sc(NC(=O)CCC(=O)c2ccc(C(C)C)cc2)nc1-c1ccc(F)cc1. The van der Waals surface area contributed by atoms with Gasteiger partial charge in [0, 0.05) is 28.8 Å². The van der Waals surface area contributed by atoms with Crippen LogP contribution in [-0.2, 0) is 4.79 Å². The lowest BCUT2D eigenvalue weighted by molar-refractivity contribution is -0.116. The van der Waals surface area contributed by atoms with Gasteiger partial charge in [-0.25, -0.2) is 9.37 Å². The van der Waals surface area contributed by atoms with E-state index in [9.17, 15) is 14.0 Å². The average molecular weight is 411 g/mol. The number of Topliss-reactive ketones (excluding diaryl/α,β-unsaturated/α-hetero) is 1. The molecule has 0 aliphatic carbocycles. The summed E-state index contributed by atoms with van der Waals surface area (Å²) in [5.74, 6) is -0.209. The third-order valence-electron chi connectivity index (χ3n) is 4.64. The lowest BCUT2D eigenvalue weighted by atomic mass is 9.99. The molecule has 1 aromatic heterocycles. The van der Waals surface area contributed by atoms with Crippen molar-refractivity contribution in [2.45, 2.75) is 39.5 Å². The van der Waals surface area contributed by atoms with E-state index in [4.69, 9.17) is 0 Å². The molecule has 0 bridgehead atoms. The Labute approximate surface area is 173 Å². The second-order valence-electron chi connectivity index (χ2n) is 7.18. The van der Waals surface area contributed by atoms with Gasteiger partial charge in [-0.15, -0.1) is 11.3 Å². The monoisotopic (exact) mass is 410 g/mol. The fourth-order valence-electron chi connectivity index (χ4n) is 2.93. The minimum atomic E-state index is -0.307. The summed E-state index contributed by atoms with van der Waals surface area (Å²) >= 11 is 1.35. The zero-order valence-electron chi connectivity index (χ0n) is 16.7. The Morgan fingerprint density at radius 2 is 1.69 bits per heavy atom. The number of hydrogen-bond donors (Lipinski definition) is 1. The molecule has 0 saturated heterocycles. The van der Waals surface area contributed by atoms with Crippen LogP contribution in [0.2, 0.25) is 0 Å². The van der Waals surface area contributed by atoms with Crippen LogP contribution in [0.15, 0.2) is 48.5 Å². The van der Waals surface area contributed by atoms with Gasteiger partial charge in [0.15, 0.2) is 10.9 Å². The molecule has 1 N–H and O–H groups in total. The zero-order valence-corrected chi connectivity index (χ0v) is 17.5. The van der Waals surface area contributed by atoms with Crippen LogP contribution in [0.4, 0.5) is 9.52 Å². The van der Waals surface area contributed by atoms with Crippen molar-refractivity contribution >= 4 is 28.2 Å². The number of carbonyl (C=O) groups is 2. The number of hydrogen-bond acceptors (Lipinski definition) is 4. The van der Waals surface area contributed by atoms with Crippen molar-refractivity contribution in [3.05, 3.63) is 70.4 Å². The van der Waals surface area contributed by atoms with E-state index in [-0.39, 0.29) is 30.3 Å². The quantitative estimate of drug-likeness (QED) is 0.487. The minimum Gasteiger partial charge on any atom is -0.302 e. The lowest BCUT2D eigenvalue weighted by Crippen LogP contribution is -2.13. The van der Waals surface area contributed by atoms with E-state index in [0.29, 0.717) is 22.3 Å². The first-order chi connectivity index (χ1) is 13.8. The molecule has 0 spiro atoms. The Bertz CT molecular complexity index is 1010. The molecular formula is C23H23FN2O2S. The number of nitrogens with zero attached hydrogens (tertiary/aromatic N) is 1. The molecule has 1 amide bonds. The number of aromatic nitrogens is 1. The molecule has 0 radical (unpaired) electrons. The maximum Gasteiger partial charge on any atom is 0.226 e. The van der Waals surface area contributed by atoms with E-state index in [0.717, 1.165) is 10.4 Å². The smallest absolute Gasteiger partial charge is 0.226 e. The number of benzene rings is 2. The van der Waals surface area contributed by atoms with E-state index < -0.39 is 0 Å². The number of rotatable bonds is 7. The van der Waals surface area contributed by atoms with Gasteiger partial charge in [0.05, 0.1) is 5.69 Å². The Balaban J connectivity index is 1.57. The van der Waals surface area contributed by atoms with Gasteiger partial charge in [0.2, 0.25) is 5.91 Å². The third kappa shape index (κ3) is 5.35. The van der Waals surface area contributed by atoms with Crippen LogP contribution in [0.5, 0.6) is 0 Å². The summed E-state index contributed by atoms with van der Waals surface area (Å²) in [7, 11) is 0. The minimum absolute atomic E-state index is 0.0576. The molecule has 29 heavy (non-hydrogen) atoms. The van der Waals surface area contributed by atoms with Gasteiger partial charge in [0.1, 0.15) is 5.82 Å². The number of amides is 1. The van der Waals surface area contributed by atoms with E-state index in [1.54, 1.807) is 12.1 Å². The van der Waals surface area contributed by atoms with Crippen molar-refractivity contribution in [2.24, 2.45) is 0 Å². The molecule has 0 aliphatic heterocycles. The number of aryl methyl sites for hydroxylation is 1. The van der Waals surface area contributed by atoms with Crippen LogP contribution in [0.3, 0.4) is 0 Å². The summed E-state index contributed by atoms with van der Waals surface area (Å²) in [6, 6.07) is 13.6. The Kier molecular flexibility index (Phi) is 6.54. The topological polar surface area (TPSA) is 59.1 Å². The molecule has 1 heterocycles. The molecule has 3 aromatic rings. The third-order valence-corrected chi connectivity index (χ3v) is 5.53. The fraction of sp³-hybridized carbons (Fsp3) is 0.261. The highest BCUT2D eigenvalue weighted by Crippen LogP contribution is 2.30. The number of halogens is 1. The summed E-state index contributed by atoms with van der Waals surface area (Å²) in [4.78, 5) is 29.9. The van der Waals surface area contributed by atoms with Gasteiger partial charge in [-0.2, -0.15) is 0 Å². The van der Waals surface area contributed by atoms with E-state index in [1.807, 2.05) is 31.2 Å². The van der Waals surface area contributed by atoms with Gasteiger partial charge < -0.3 is 5.32 Å². The van der Waals surface area contributed by atoms with Gasteiger partial charge in [0.25, 0.3) is 0 Å². The highest BCUT2D eigenvalue weighted by atomic mass is 32.1. The number of carbonyl (C=O) groups excluding carboxylic acids is 2. The van der Waals surface area contributed by atoms with Gasteiger partial charge in [-0.1, -0.05) is 38.1 Å². The molecule has 0 atom stereocenters. The first-order valence-corrected chi connectivity index (χ1v) is 10.3. The van der Waals surface area contributed by atoms with Crippen molar-refractivity contribution in [1.29, 1.82) is 0 Å². The van der Waals surface area contributed by atoms with Crippen molar-refractivity contribution < 1.29 is 14.0 Å². The summed E-state index contributed by atoms with van der Waals surface area (Å²) in [5, 5.41) is 3.23. The van der Waals surface area contributed by atoms with E-state index in [1.165, 1.54) is 29.0 Å². The molecule has 2 aromatic carbocycles. The van der Waals surface area contributed by atoms with Crippen LogP contribution in [0.25, 0.3) is 11.3 Å². The number of anilines is 1. The normalized spacial score (nSPS) is 10.9. The lowest BCUT2D eigenvalue weighted by Gasteiger charge is -2.06. The average Bonchev–Trinajstić information content (AvgIpc) is 3.06. The molecule has 0 fully saturated rings. The van der Waals surface area contributed by atoms with Crippen molar-refractivity contribution in [1.82, 2.24) is 4.98 Å². The van der Waals surface area contributed by atoms with Gasteiger partial charge in [-0.05, 0) is 42.7 Å². The van der Waals surface area contributed by atoms with Gasteiger partial charge in [-0.3, -0.25) is 9.59 Å². The van der Waals surface area contributed by atoms with Gasteiger partial charge >= 0.3 is 0 Å². The largest absolute Gasteiger partial charge is 0.302 e. The highest BCUT2D eigenvalue weighted by molar-refractivity contribution is 7.16. The number of nitrogens with one attached hydrogen (secondary N) is 1. The molecule has 0 aliphatic rings. The van der Waals surface area contributed by atoms with Crippen LogP contribution in [0.1, 0.15) is 53.4 Å². The fourth-order valence-corrected chi connectivity index (χ4v) is 3.78. The van der Waals surface area contributed by atoms with Crippen molar-refractivity contribution in [3.63, 3.8) is 0 Å². The van der Waals surface area contributed by atoms with Crippen LogP contribution in [-0.4, -0.2) is 16.7 Å².